The van der Waals surface area contributed by atoms with Crippen LogP contribution in [0.4, 0.5) is 0 Å². The van der Waals surface area contributed by atoms with Gasteiger partial charge in [-0.05, 0) is 199 Å². The number of rotatable bonds is 29. The SMILES string of the molecule is C=C(C)C(=O)OCCC[Si]1(C)O[Si](C)(CCCOC(=O)C(=C)C)O[Si](C)(CC[Si](C)(C)O[Si](C)(C)O[Si](C)(C)CC[Si]2(C)O[SiH2]O[Si](C)(CC)O[Si](C)(CC[Si](C)(C)O)O2)O[Si](C)(CCCOC(=O)C(=C)C)O1. The Morgan fingerprint density at radius 2 is 0.740 bits per heavy atom. The lowest BCUT2D eigenvalue weighted by molar-refractivity contribution is -0.139. The van der Waals surface area contributed by atoms with Crippen LogP contribution in [-0.4, -0.2) is 146 Å². The van der Waals surface area contributed by atoms with Crippen LogP contribution < -0.4 is 0 Å². The van der Waals surface area contributed by atoms with Crippen LogP contribution in [0.3, 0.4) is 0 Å². The quantitative estimate of drug-likeness (QED) is 0.0244. The molecule has 0 spiro atoms. The molecule has 0 aromatic heterocycles. The number of carbonyl (C=O) groups excluding carboxylic acids is 3. The lowest BCUT2D eigenvalue weighted by atomic mass is 10.4. The van der Waals surface area contributed by atoms with Gasteiger partial charge in [0.25, 0.3) is 10.0 Å². The fourth-order valence-corrected chi connectivity index (χ4v) is 71.5. The highest BCUT2D eigenvalue weighted by Gasteiger charge is 2.57. The van der Waals surface area contributed by atoms with Crippen LogP contribution in [0.2, 0.25) is 159 Å². The number of hydrogen-bond acceptors (Lipinski definition) is 17. The van der Waals surface area contributed by atoms with Crippen molar-refractivity contribution in [3.8, 4) is 0 Å². The standard InChI is InChI=1S/C44H98O17Si12/c1-23-67(16)52-62-53-68(17,57-72(21,56-67)36-33-63(8,9)48)37-34-64(10,11)54-66(14,15)55-65(12,13)35-38-73(22)60-70(19,31-25-28-50-43(46)40(4)5)58-69(18,30-24-27-49-42(45)39(2)3)59-71(20,61-73)32-26-29-51-44(47)41(6)7/h48H,2,4,6,23-38,62H2,1,3,5,7-22H3. The number of esters is 3. The fraction of sp³-hybridized carbons (Fsp3) is 0.795. The highest BCUT2D eigenvalue weighted by molar-refractivity contribution is 6.95. The van der Waals surface area contributed by atoms with E-state index in [-0.39, 0.29) is 19.8 Å². The van der Waals surface area contributed by atoms with Crippen molar-refractivity contribution in [2.75, 3.05) is 19.8 Å². The number of ether oxygens (including phenoxy) is 3. The second-order valence-electron chi connectivity index (χ2n) is 23.8. The highest BCUT2D eigenvalue weighted by atomic mass is 28.5. The molecule has 0 bridgehead atoms. The molecule has 73 heavy (non-hydrogen) atoms. The molecule has 0 radical (unpaired) electrons. The van der Waals surface area contributed by atoms with Crippen molar-refractivity contribution in [1.82, 2.24) is 0 Å². The molecule has 2 heterocycles. The minimum Gasteiger partial charge on any atom is -0.462 e. The normalized spacial score (nSPS) is 30.1. The molecule has 5 atom stereocenters. The maximum Gasteiger partial charge on any atom is 0.333 e. The Morgan fingerprint density at radius 3 is 1.05 bits per heavy atom. The summed E-state index contributed by atoms with van der Waals surface area (Å²) in [6.07, 6.45) is 1.50. The summed E-state index contributed by atoms with van der Waals surface area (Å²) in [7, 11) is -31.8. The highest BCUT2D eigenvalue weighted by Crippen LogP contribution is 2.41. The molecule has 0 aliphatic carbocycles. The van der Waals surface area contributed by atoms with Crippen molar-refractivity contribution >= 4 is 121 Å². The molecular weight excluding hydrogens is 1140 g/mol. The van der Waals surface area contributed by atoms with E-state index in [1.165, 1.54) is 0 Å². The largest absolute Gasteiger partial charge is 0.462 e. The monoisotopic (exact) mass is 1230 g/mol. The smallest absolute Gasteiger partial charge is 0.333 e. The van der Waals surface area contributed by atoms with E-state index < -0.39 is 121 Å². The molecular formula is C44H98O17Si12. The van der Waals surface area contributed by atoms with Crippen LogP contribution in [0.1, 0.15) is 47.0 Å². The van der Waals surface area contributed by atoms with Gasteiger partial charge in [-0.2, -0.15) is 0 Å². The third-order valence-electron chi connectivity index (χ3n) is 12.6. The van der Waals surface area contributed by atoms with Crippen LogP contribution in [-0.2, 0) is 69.7 Å². The van der Waals surface area contributed by atoms with Crippen molar-refractivity contribution in [2.45, 2.75) is 206 Å². The maximum absolute atomic E-state index is 12.3. The fourth-order valence-electron chi connectivity index (χ4n) is 9.08. The van der Waals surface area contributed by atoms with Crippen LogP contribution in [0.15, 0.2) is 36.5 Å². The van der Waals surface area contributed by atoms with E-state index in [1.807, 2.05) is 19.6 Å². The van der Waals surface area contributed by atoms with E-state index in [2.05, 4.69) is 105 Å². The summed E-state index contributed by atoms with van der Waals surface area (Å²) in [5, 5.41) is 0. The van der Waals surface area contributed by atoms with E-state index in [0.717, 1.165) is 24.2 Å². The second-order valence-corrected chi connectivity index (χ2v) is 67.4. The molecule has 0 aromatic rings. The van der Waals surface area contributed by atoms with Crippen molar-refractivity contribution in [2.24, 2.45) is 0 Å². The first-order valence-electron chi connectivity index (χ1n) is 26.1. The van der Waals surface area contributed by atoms with Gasteiger partial charge in [0.2, 0.25) is 0 Å². The Bertz CT molecular complexity index is 1860. The zero-order chi connectivity index (χ0) is 56.2. The Morgan fingerprint density at radius 1 is 0.466 bits per heavy atom. The van der Waals surface area contributed by atoms with Crippen molar-refractivity contribution < 1.29 is 74.5 Å². The molecule has 2 fully saturated rings. The van der Waals surface area contributed by atoms with Crippen LogP contribution in [0.25, 0.3) is 0 Å². The summed E-state index contributed by atoms with van der Waals surface area (Å²) < 4.78 is 87.7. The van der Waals surface area contributed by atoms with Crippen molar-refractivity contribution in [3.05, 3.63) is 36.5 Å². The molecule has 17 nitrogen and oxygen atoms in total. The minimum atomic E-state index is -3.17. The van der Waals surface area contributed by atoms with E-state index in [1.54, 1.807) is 20.8 Å². The topological polar surface area (TPSA) is 191 Å². The summed E-state index contributed by atoms with van der Waals surface area (Å²) in [5.41, 5.74) is 0.982. The minimum absolute atomic E-state index is 0.172. The summed E-state index contributed by atoms with van der Waals surface area (Å²) in [5.74, 6) is -1.35. The first kappa shape index (κ1) is 68.9. The van der Waals surface area contributed by atoms with Gasteiger partial charge >= 0.3 is 86.4 Å². The van der Waals surface area contributed by atoms with Gasteiger partial charge in [-0.15, -0.1) is 0 Å². The average Bonchev–Trinajstić information content (AvgIpc) is 3.21. The molecule has 424 valence electrons. The van der Waals surface area contributed by atoms with E-state index in [9.17, 15) is 19.2 Å². The van der Waals surface area contributed by atoms with Crippen LogP contribution in [0.5, 0.6) is 0 Å². The molecule has 2 rings (SSSR count). The summed E-state index contributed by atoms with van der Waals surface area (Å²) in [4.78, 5) is 47.8. The van der Waals surface area contributed by atoms with Gasteiger partial charge in [-0.1, -0.05) is 26.7 Å². The predicted octanol–water partition coefficient (Wildman–Crippen LogP) is 10.5. The first-order chi connectivity index (χ1) is 33.0. The summed E-state index contributed by atoms with van der Waals surface area (Å²) >= 11 is 0. The Hall–Kier alpha value is -0.207. The third kappa shape index (κ3) is 26.1. The molecule has 0 aromatic carbocycles. The second kappa shape index (κ2) is 27.8. The van der Waals surface area contributed by atoms with Gasteiger partial charge < -0.3 is 60.2 Å². The van der Waals surface area contributed by atoms with Gasteiger partial charge in [0.1, 0.15) is 0 Å². The van der Waals surface area contributed by atoms with Gasteiger partial charge in [-0.25, -0.2) is 14.4 Å². The molecule has 5 unspecified atom stereocenters. The zero-order valence-corrected chi connectivity index (χ0v) is 61.0. The third-order valence-corrected chi connectivity index (χ3v) is 62.0. The average molecular weight is 1240 g/mol. The summed E-state index contributed by atoms with van der Waals surface area (Å²) in [6, 6.07) is 6.72. The Balaban J connectivity index is 2.41. The van der Waals surface area contributed by atoms with Gasteiger partial charge in [0.15, 0.2) is 25.0 Å². The van der Waals surface area contributed by atoms with Gasteiger partial charge in [0.05, 0.1) is 19.8 Å². The van der Waals surface area contributed by atoms with E-state index >= 15 is 0 Å². The molecule has 0 saturated carbocycles. The van der Waals surface area contributed by atoms with Gasteiger partial charge in [-0.3, -0.25) is 0 Å². The Labute approximate surface area is 454 Å². The van der Waals surface area contributed by atoms with Crippen molar-refractivity contribution in [1.29, 1.82) is 0 Å². The molecule has 0 amide bonds. The molecule has 1 N–H and O–H groups in total. The number of carbonyl (C=O) groups is 3. The van der Waals surface area contributed by atoms with Crippen LogP contribution in [0, 0.1) is 0 Å². The molecule has 2 saturated heterocycles. The first-order valence-corrected chi connectivity index (χ1v) is 57.1. The van der Waals surface area contributed by atoms with E-state index in [0.29, 0.717) is 72.2 Å². The lowest BCUT2D eigenvalue weighted by Gasteiger charge is -2.51. The maximum atomic E-state index is 12.3. The lowest BCUT2D eigenvalue weighted by Crippen LogP contribution is -2.67. The molecule has 2 aliphatic rings. The molecule has 29 heteroatoms. The zero-order valence-electron chi connectivity index (χ0n) is 48.6. The number of hydrogen-bond donors (Lipinski definition) is 1. The summed E-state index contributed by atoms with van der Waals surface area (Å²) in [6.45, 7) is 50.5. The van der Waals surface area contributed by atoms with Crippen molar-refractivity contribution in [3.63, 3.8) is 0 Å². The van der Waals surface area contributed by atoms with E-state index in [4.69, 9.17) is 55.4 Å². The van der Waals surface area contributed by atoms with Crippen LogP contribution >= 0.6 is 0 Å². The predicted molar refractivity (Wildman–Crippen MR) is 318 cm³/mol. The Kier molecular flexibility index (Phi) is 26.2. The molecule has 2 aliphatic heterocycles. The van der Waals surface area contributed by atoms with Gasteiger partial charge in [0, 0.05) is 16.7 Å².